The summed E-state index contributed by atoms with van der Waals surface area (Å²) >= 11 is 0. The molecule has 0 fully saturated rings. The summed E-state index contributed by atoms with van der Waals surface area (Å²) in [4.78, 5) is 11.6. The average Bonchev–Trinajstić information content (AvgIpc) is 2.86. The minimum Gasteiger partial charge on any atom is -0.462 e. The first-order chi connectivity index (χ1) is 9.42. The molecule has 0 amide bonds. The number of aliphatic hydroxyl groups excluding tert-OH is 1. The first kappa shape index (κ1) is 16.6. The van der Waals surface area contributed by atoms with Gasteiger partial charge in [0.2, 0.25) is 0 Å². The fraction of sp³-hybridized carbons (Fsp3) is 0.636. The maximum Gasteiger partial charge on any atom is 0.342 e. The van der Waals surface area contributed by atoms with Crippen LogP contribution in [0.25, 0.3) is 0 Å². The number of rotatable bonds is 8. The lowest BCUT2D eigenvalue weighted by Gasteiger charge is -2.13. The van der Waals surface area contributed by atoms with E-state index in [2.05, 4.69) is 14.9 Å². The maximum atomic E-state index is 12.1. The van der Waals surface area contributed by atoms with Gasteiger partial charge in [-0.05, 0) is 26.7 Å². The Bertz CT molecular complexity index is 540. The van der Waals surface area contributed by atoms with E-state index in [1.165, 1.54) is 0 Å². The summed E-state index contributed by atoms with van der Waals surface area (Å²) in [5, 5.41) is 14.3. The Kier molecular flexibility index (Phi) is 6.11. The number of carbonyl (C=O) groups excluding carboxylic acids is 1. The Morgan fingerprint density at radius 2 is 2.30 bits per heavy atom. The van der Waals surface area contributed by atoms with Crippen LogP contribution in [0, 0.1) is 0 Å². The standard InChI is InChI=1S/C11H19N3O5S/c1-3-19-11(16)9-7-12-13-10(9)20(17,18)14-8(2)5-4-6-15/h7-8,14-15H,3-6H2,1-2H3,(H,12,13). The molecule has 114 valence electrons. The lowest BCUT2D eigenvalue weighted by molar-refractivity contribution is 0.0522. The molecule has 0 aromatic carbocycles. The Morgan fingerprint density at radius 1 is 1.60 bits per heavy atom. The number of aromatic amines is 1. The van der Waals surface area contributed by atoms with Gasteiger partial charge in [0.15, 0.2) is 5.03 Å². The molecule has 0 aliphatic heterocycles. The van der Waals surface area contributed by atoms with Gasteiger partial charge in [-0.3, -0.25) is 5.10 Å². The predicted octanol–water partition coefficient (Wildman–Crippen LogP) is 0.0257. The van der Waals surface area contributed by atoms with Gasteiger partial charge in [-0.2, -0.15) is 5.10 Å². The zero-order valence-corrected chi connectivity index (χ0v) is 12.2. The highest BCUT2D eigenvalue weighted by Gasteiger charge is 2.26. The quantitative estimate of drug-likeness (QED) is 0.582. The molecule has 1 aromatic rings. The molecule has 1 atom stereocenters. The van der Waals surface area contributed by atoms with Crippen LogP contribution in [0.5, 0.6) is 0 Å². The zero-order valence-electron chi connectivity index (χ0n) is 11.4. The highest BCUT2D eigenvalue weighted by atomic mass is 32.2. The molecule has 8 nitrogen and oxygen atoms in total. The van der Waals surface area contributed by atoms with Gasteiger partial charge in [0, 0.05) is 12.6 Å². The predicted molar refractivity (Wildman–Crippen MR) is 70.6 cm³/mol. The van der Waals surface area contributed by atoms with Crippen molar-refractivity contribution in [3.8, 4) is 0 Å². The minimum atomic E-state index is -3.89. The second kappa shape index (κ2) is 7.36. The van der Waals surface area contributed by atoms with E-state index < -0.39 is 16.0 Å². The number of carbonyl (C=O) groups is 1. The zero-order chi connectivity index (χ0) is 15.2. The molecule has 1 unspecified atom stereocenters. The van der Waals surface area contributed by atoms with E-state index in [1.807, 2.05) is 0 Å². The highest BCUT2D eigenvalue weighted by Crippen LogP contribution is 2.14. The molecule has 1 aromatic heterocycles. The third kappa shape index (κ3) is 4.29. The molecule has 0 saturated carbocycles. The van der Waals surface area contributed by atoms with Crippen molar-refractivity contribution in [2.75, 3.05) is 13.2 Å². The lowest BCUT2D eigenvalue weighted by Crippen LogP contribution is -2.33. The largest absolute Gasteiger partial charge is 0.462 e. The summed E-state index contributed by atoms with van der Waals surface area (Å²) in [6.45, 7) is 3.43. The van der Waals surface area contributed by atoms with Crippen molar-refractivity contribution in [1.82, 2.24) is 14.9 Å². The lowest BCUT2D eigenvalue weighted by atomic mass is 10.2. The summed E-state index contributed by atoms with van der Waals surface area (Å²) in [6, 6.07) is -0.370. The first-order valence-electron chi connectivity index (χ1n) is 6.26. The van der Waals surface area contributed by atoms with Crippen LogP contribution in [0.2, 0.25) is 0 Å². The van der Waals surface area contributed by atoms with E-state index in [9.17, 15) is 13.2 Å². The number of hydrogen-bond acceptors (Lipinski definition) is 6. The second-order valence-corrected chi connectivity index (χ2v) is 5.87. The van der Waals surface area contributed by atoms with E-state index >= 15 is 0 Å². The van der Waals surface area contributed by atoms with Gasteiger partial charge in [-0.15, -0.1) is 0 Å². The normalized spacial score (nSPS) is 13.2. The number of esters is 1. The number of nitrogens with one attached hydrogen (secondary N) is 2. The van der Waals surface area contributed by atoms with Crippen LogP contribution in [0.4, 0.5) is 0 Å². The van der Waals surface area contributed by atoms with Crippen molar-refractivity contribution in [3.05, 3.63) is 11.8 Å². The molecule has 0 aliphatic rings. The average molecular weight is 305 g/mol. The molecule has 3 N–H and O–H groups in total. The molecule has 0 bridgehead atoms. The number of aromatic nitrogens is 2. The number of sulfonamides is 1. The van der Waals surface area contributed by atoms with Crippen LogP contribution >= 0.6 is 0 Å². The van der Waals surface area contributed by atoms with Crippen molar-refractivity contribution < 1.29 is 23.1 Å². The van der Waals surface area contributed by atoms with Gasteiger partial charge >= 0.3 is 5.97 Å². The highest BCUT2D eigenvalue weighted by molar-refractivity contribution is 7.89. The van der Waals surface area contributed by atoms with Crippen molar-refractivity contribution in [2.24, 2.45) is 0 Å². The maximum absolute atomic E-state index is 12.1. The molecule has 0 radical (unpaired) electrons. The number of hydrogen-bond donors (Lipinski definition) is 3. The summed E-state index contributed by atoms with van der Waals surface area (Å²) in [5.74, 6) is -0.746. The Balaban J connectivity index is 2.88. The topological polar surface area (TPSA) is 121 Å². The van der Waals surface area contributed by atoms with Crippen LogP contribution in [0.3, 0.4) is 0 Å². The molecule has 0 spiro atoms. The fourth-order valence-electron chi connectivity index (χ4n) is 1.61. The fourth-order valence-corrected chi connectivity index (χ4v) is 2.98. The smallest absolute Gasteiger partial charge is 0.342 e. The Morgan fingerprint density at radius 3 is 2.90 bits per heavy atom. The summed E-state index contributed by atoms with van der Waals surface area (Å²) in [6.07, 6.45) is 2.08. The Labute approximate surface area is 117 Å². The van der Waals surface area contributed by atoms with Crippen molar-refractivity contribution in [2.45, 2.75) is 37.8 Å². The van der Waals surface area contributed by atoms with E-state index in [0.717, 1.165) is 6.20 Å². The molecular weight excluding hydrogens is 286 g/mol. The second-order valence-electron chi connectivity index (χ2n) is 4.22. The summed E-state index contributed by atoms with van der Waals surface area (Å²) in [5.41, 5.74) is -0.131. The Hall–Kier alpha value is -1.45. The molecule has 1 heterocycles. The molecule has 9 heteroatoms. The van der Waals surface area contributed by atoms with Gasteiger partial charge in [-0.1, -0.05) is 0 Å². The third-order valence-electron chi connectivity index (χ3n) is 2.52. The third-order valence-corrected chi connectivity index (χ3v) is 4.08. The van der Waals surface area contributed by atoms with Gasteiger partial charge in [0.25, 0.3) is 10.0 Å². The molecule has 0 aliphatic carbocycles. The summed E-state index contributed by atoms with van der Waals surface area (Å²) < 4.78 is 31.5. The van der Waals surface area contributed by atoms with Gasteiger partial charge in [0.05, 0.1) is 12.8 Å². The van der Waals surface area contributed by atoms with E-state index in [4.69, 9.17) is 9.84 Å². The first-order valence-corrected chi connectivity index (χ1v) is 7.74. The van der Waals surface area contributed by atoms with Crippen LogP contribution in [-0.2, 0) is 14.8 Å². The van der Waals surface area contributed by atoms with Crippen LogP contribution in [-0.4, -0.2) is 48.9 Å². The molecule has 20 heavy (non-hydrogen) atoms. The number of nitrogens with zero attached hydrogens (tertiary/aromatic N) is 1. The molecule has 1 rings (SSSR count). The van der Waals surface area contributed by atoms with E-state index in [1.54, 1.807) is 13.8 Å². The summed E-state index contributed by atoms with van der Waals surface area (Å²) in [7, 11) is -3.89. The number of ether oxygens (including phenoxy) is 1. The van der Waals surface area contributed by atoms with E-state index in [-0.39, 0.29) is 29.8 Å². The van der Waals surface area contributed by atoms with Crippen molar-refractivity contribution in [3.63, 3.8) is 0 Å². The molecule has 0 saturated heterocycles. The number of aliphatic hydroxyl groups is 1. The minimum absolute atomic E-state index is 0.00972. The van der Waals surface area contributed by atoms with Crippen LogP contribution in [0.15, 0.2) is 11.2 Å². The van der Waals surface area contributed by atoms with Crippen LogP contribution < -0.4 is 4.72 Å². The van der Waals surface area contributed by atoms with Gasteiger partial charge < -0.3 is 9.84 Å². The van der Waals surface area contributed by atoms with Gasteiger partial charge in [-0.25, -0.2) is 17.9 Å². The van der Waals surface area contributed by atoms with E-state index in [0.29, 0.717) is 12.8 Å². The molecular formula is C11H19N3O5S. The van der Waals surface area contributed by atoms with Crippen molar-refractivity contribution >= 4 is 16.0 Å². The van der Waals surface area contributed by atoms with Crippen molar-refractivity contribution in [1.29, 1.82) is 0 Å². The SMILES string of the molecule is CCOC(=O)c1cn[nH]c1S(=O)(=O)NC(C)CCCO. The van der Waals surface area contributed by atoms with Crippen LogP contribution in [0.1, 0.15) is 37.0 Å². The monoisotopic (exact) mass is 305 g/mol. The number of H-pyrrole nitrogens is 1. The van der Waals surface area contributed by atoms with Gasteiger partial charge in [0.1, 0.15) is 5.56 Å².